The minimum absolute atomic E-state index is 0.113. The van der Waals surface area contributed by atoms with Crippen LogP contribution < -0.4 is 4.90 Å². The molecule has 1 aliphatic heterocycles. The molecule has 1 aliphatic rings. The lowest BCUT2D eigenvalue weighted by atomic mass is 10.1. The van der Waals surface area contributed by atoms with Gasteiger partial charge in [-0.05, 0) is 97.9 Å². The van der Waals surface area contributed by atoms with Crippen molar-refractivity contribution < 1.29 is 9.59 Å². The standard InChI is InChI=1S/C40H36N4O2S/c1-3-41-38(45)37(39(46)42(4-2)40(41)47)28-36-27-26-32(43(36)29-31-14-8-5-9-15-31)23-20-30-21-24-35(25-22-30)44(33-16-10-6-11-17-33)34-18-12-7-13-19-34/h5-28H,3-4,29H2,1-2H3/b23-20+. The molecule has 0 atom stereocenters. The number of nitrogens with zero attached hydrogens (tertiary/aromatic N) is 4. The van der Waals surface area contributed by atoms with Crippen molar-refractivity contribution in [3.8, 4) is 0 Å². The second-order valence-electron chi connectivity index (χ2n) is 11.1. The Morgan fingerprint density at radius 2 is 1.09 bits per heavy atom. The number of rotatable bonds is 10. The van der Waals surface area contributed by atoms with Gasteiger partial charge < -0.3 is 9.47 Å². The monoisotopic (exact) mass is 636 g/mol. The molecule has 2 heterocycles. The Kier molecular flexibility index (Phi) is 9.55. The van der Waals surface area contributed by atoms with E-state index in [0.717, 1.165) is 39.6 Å². The van der Waals surface area contributed by atoms with E-state index < -0.39 is 0 Å². The lowest BCUT2D eigenvalue weighted by Gasteiger charge is -2.35. The predicted octanol–water partition coefficient (Wildman–Crippen LogP) is 8.56. The second-order valence-corrected chi connectivity index (χ2v) is 11.5. The van der Waals surface area contributed by atoms with Crippen molar-refractivity contribution in [2.75, 3.05) is 18.0 Å². The molecule has 234 valence electrons. The third kappa shape index (κ3) is 6.71. The van der Waals surface area contributed by atoms with Crippen LogP contribution in [0.1, 0.15) is 36.4 Å². The fourth-order valence-corrected chi connectivity index (χ4v) is 6.19. The molecule has 0 spiro atoms. The van der Waals surface area contributed by atoms with Crippen molar-refractivity contribution in [1.82, 2.24) is 14.4 Å². The van der Waals surface area contributed by atoms with E-state index in [1.165, 1.54) is 9.80 Å². The molecule has 47 heavy (non-hydrogen) atoms. The van der Waals surface area contributed by atoms with Gasteiger partial charge in [0.15, 0.2) is 5.11 Å². The van der Waals surface area contributed by atoms with E-state index >= 15 is 0 Å². The number of para-hydroxylation sites is 2. The number of aromatic nitrogens is 1. The van der Waals surface area contributed by atoms with Crippen LogP contribution in [0.25, 0.3) is 18.2 Å². The highest BCUT2D eigenvalue weighted by Gasteiger charge is 2.38. The van der Waals surface area contributed by atoms with Crippen LogP contribution in [0.3, 0.4) is 0 Å². The Hall–Kier alpha value is -5.53. The van der Waals surface area contributed by atoms with E-state index in [9.17, 15) is 9.59 Å². The summed E-state index contributed by atoms with van der Waals surface area (Å²) in [6, 6.07) is 43.3. The molecule has 0 saturated carbocycles. The molecule has 2 amide bonds. The smallest absolute Gasteiger partial charge is 0.265 e. The highest BCUT2D eigenvalue weighted by atomic mass is 32.1. The highest BCUT2D eigenvalue weighted by Crippen LogP contribution is 2.34. The van der Waals surface area contributed by atoms with Crippen LogP contribution in [0.5, 0.6) is 0 Å². The summed E-state index contributed by atoms with van der Waals surface area (Å²) < 4.78 is 2.12. The molecule has 4 aromatic carbocycles. The zero-order chi connectivity index (χ0) is 32.8. The fourth-order valence-electron chi connectivity index (χ4n) is 5.77. The van der Waals surface area contributed by atoms with E-state index in [2.05, 4.69) is 82.3 Å². The Morgan fingerprint density at radius 1 is 0.596 bits per heavy atom. The van der Waals surface area contributed by atoms with Gasteiger partial charge >= 0.3 is 0 Å². The number of benzene rings is 4. The summed E-state index contributed by atoms with van der Waals surface area (Å²) in [4.78, 5) is 32.0. The topological polar surface area (TPSA) is 48.8 Å². The molecule has 1 fully saturated rings. The Balaban J connectivity index is 1.33. The largest absolute Gasteiger partial charge is 0.337 e. The van der Waals surface area contributed by atoms with Gasteiger partial charge in [0.2, 0.25) is 0 Å². The van der Waals surface area contributed by atoms with E-state index in [1.807, 2.05) is 80.6 Å². The third-order valence-corrected chi connectivity index (χ3v) is 8.64. The number of thiocarbonyl (C=S) groups is 1. The molecule has 6 rings (SSSR count). The number of carbonyl (C=O) groups excluding carboxylic acids is 2. The van der Waals surface area contributed by atoms with Crippen molar-refractivity contribution in [3.63, 3.8) is 0 Å². The number of carbonyl (C=O) groups is 2. The van der Waals surface area contributed by atoms with Crippen LogP contribution >= 0.6 is 12.2 Å². The third-order valence-electron chi connectivity index (χ3n) is 8.20. The van der Waals surface area contributed by atoms with E-state index in [4.69, 9.17) is 12.2 Å². The molecule has 0 N–H and O–H groups in total. The number of likely N-dealkylation sites (N-methyl/N-ethyl adjacent to an activating group) is 2. The first-order valence-corrected chi connectivity index (χ1v) is 16.2. The molecular weight excluding hydrogens is 601 g/mol. The van der Waals surface area contributed by atoms with E-state index in [0.29, 0.717) is 19.6 Å². The minimum atomic E-state index is -0.364. The lowest BCUT2D eigenvalue weighted by molar-refractivity contribution is -0.133. The first kappa shape index (κ1) is 31.5. The SMILES string of the molecule is CCN1C(=O)C(=Cc2ccc(/C=C/c3ccc(N(c4ccccc4)c4ccccc4)cc3)n2Cc2ccccc2)C(=O)N(CC)C1=S. The van der Waals surface area contributed by atoms with Crippen LogP contribution in [0.15, 0.2) is 133 Å². The summed E-state index contributed by atoms with van der Waals surface area (Å²) in [5.74, 6) is -0.728. The first-order chi connectivity index (χ1) is 23.0. The number of anilines is 3. The van der Waals surface area contributed by atoms with Gasteiger partial charge in [0, 0.05) is 48.1 Å². The summed E-state index contributed by atoms with van der Waals surface area (Å²) in [7, 11) is 0. The molecule has 1 aromatic heterocycles. The predicted molar refractivity (Wildman–Crippen MR) is 195 cm³/mol. The van der Waals surface area contributed by atoms with Gasteiger partial charge in [-0.25, -0.2) is 0 Å². The van der Waals surface area contributed by atoms with Crippen molar-refractivity contribution >= 4 is 64.4 Å². The molecule has 0 bridgehead atoms. The van der Waals surface area contributed by atoms with Gasteiger partial charge in [0.05, 0.1) is 0 Å². The number of hydrogen-bond donors (Lipinski definition) is 0. The van der Waals surface area contributed by atoms with E-state index in [-0.39, 0.29) is 22.5 Å². The van der Waals surface area contributed by atoms with E-state index in [1.54, 1.807) is 6.08 Å². The van der Waals surface area contributed by atoms with Gasteiger partial charge in [-0.2, -0.15) is 0 Å². The van der Waals surface area contributed by atoms with Gasteiger partial charge in [-0.3, -0.25) is 19.4 Å². The summed E-state index contributed by atoms with van der Waals surface area (Å²) in [6.45, 7) is 5.08. The molecule has 7 heteroatoms. The Bertz CT molecular complexity index is 1860. The summed E-state index contributed by atoms with van der Waals surface area (Å²) >= 11 is 5.45. The maximum absolute atomic E-state index is 13.4. The van der Waals surface area contributed by atoms with Crippen LogP contribution in [-0.2, 0) is 16.1 Å². The lowest BCUT2D eigenvalue weighted by Crippen LogP contribution is -2.55. The van der Waals surface area contributed by atoms with Crippen molar-refractivity contribution in [2.45, 2.75) is 20.4 Å². The van der Waals surface area contributed by atoms with Crippen LogP contribution in [0.4, 0.5) is 17.1 Å². The zero-order valence-corrected chi connectivity index (χ0v) is 27.3. The van der Waals surface area contributed by atoms with Crippen molar-refractivity contribution in [3.05, 3.63) is 155 Å². The Morgan fingerprint density at radius 3 is 1.62 bits per heavy atom. The molecule has 0 radical (unpaired) electrons. The van der Waals surface area contributed by atoms with Gasteiger partial charge in [-0.15, -0.1) is 0 Å². The van der Waals surface area contributed by atoms with Crippen LogP contribution in [0, 0.1) is 0 Å². The molecule has 0 unspecified atom stereocenters. The van der Waals surface area contributed by atoms with Crippen molar-refractivity contribution in [1.29, 1.82) is 0 Å². The van der Waals surface area contributed by atoms with Crippen LogP contribution in [-0.4, -0.2) is 44.4 Å². The van der Waals surface area contributed by atoms with Gasteiger partial charge in [-0.1, -0.05) is 84.9 Å². The fraction of sp³-hybridized carbons (Fsp3) is 0.125. The number of hydrogen-bond acceptors (Lipinski definition) is 4. The second kappa shape index (κ2) is 14.3. The maximum Gasteiger partial charge on any atom is 0.265 e. The summed E-state index contributed by atoms with van der Waals surface area (Å²) in [5, 5.41) is 0.257. The first-order valence-electron chi connectivity index (χ1n) is 15.8. The quantitative estimate of drug-likeness (QED) is 0.0876. The average molecular weight is 637 g/mol. The van der Waals surface area contributed by atoms with Crippen LogP contribution in [0.2, 0.25) is 0 Å². The Labute approximate surface area is 281 Å². The van der Waals surface area contributed by atoms with Gasteiger partial charge in [0.1, 0.15) is 5.57 Å². The summed E-state index contributed by atoms with van der Waals surface area (Å²) in [6.07, 6.45) is 5.86. The summed E-state index contributed by atoms with van der Waals surface area (Å²) in [5.41, 5.74) is 7.22. The molecule has 5 aromatic rings. The maximum atomic E-state index is 13.4. The molecular formula is C40H36N4O2S. The molecule has 0 aliphatic carbocycles. The average Bonchev–Trinajstić information content (AvgIpc) is 3.48. The zero-order valence-electron chi connectivity index (χ0n) is 26.5. The molecule has 6 nitrogen and oxygen atoms in total. The number of amides is 2. The highest BCUT2D eigenvalue weighted by molar-refractivity contribution is 7.80. The van der Waals surface area contributed by atoms with Crippen molar-refractivity contribution in [2.24, 2.45) is 0 Å². The van der Waals surface area contributed by atoms with Gasteiger partial charge in [0.25, 0.3) is 11.8 Å². The minimum Gasteiger partial charge on any atom is -0.337 e. The normalized spacial score (nSPS) is 13.5. The molecule has 1 saturated heterocycles.